The first kappa shape index (κ1) is 13.1. The first-order valence-corrected chi connectivity index (χ1v) is 4.48. The second-order valence-corrected chi connectivity index (χ2v) is 3.37. The molecule has 1 aliphatic heterocycles. The summed E-state index contributed by atoms with van der Waals surface area (Å²) in [5, 5.41) is 33.6. The first-order chi connectivity index (χ1) is 7.46. The molecule has 84 valence electrons. The van der Waals surface area contributed by atoms with E-state index in [-0.39, 0.29) is 0 Å². The van der Waals surface area contributed by atoms with E-state index in [1.807, 2.05) is 11.3 Å². The molecule has 0 aromatic rings. The van der Waals surface area contributed by atoms with Crippen LogP contribution in [0.3, 0.4) is 0 Å². The maximum absolute atomic E-state index is 9.87. The Labute approximate surface area is 97.0 Å². The van der Waals surface area contributed by atoms with Crippen molar-refractivity contribution >= 4 is 19.4 Å². The topological polar surface area (TPSA) is 119 Å². The van der Waals surface area contributed by atoms with Gasteiger partial charge in [-0.05, 0) is 23.1 Å². The first-order valence-electron chi connectivity index (χ1n) is 4.10. The summed E-state index contributed by atoms with van der Waals surface area (Å²) in [7, 11) is 5.38. The fourth-order valence-corrected chi connectivity index (χ4v) is 1.55. The fraction of sp³-hybridized carbons (Fsp3) is 0.714. The molecule has 0 amide bonds. The van der Waals surface area contributed by atoms with E-state index in [0.717, 1.165) is 0 Å². The molecule has 4 atom stereocenters. The maximum atomic E-state index is 9.87. The van der Waals surface area contributed by atoms with E-state index in [4.69, 9.17) is 34.8 Å². The van der Waals surface area contributed by atoms with Crippen molar-refractivity contribution in [2.24, 2.45) is 5.11 Å². The standard InChI is InChI=1S/C7H7BClN3O4/c8-5-6(15,1-2-9)4(14)7(3-13,16-5)11-12-10/h4-5,13-15H,3H2/t4?,5-,6-,7-/m1/s1. The smallest absolute Gasteiger partial charge is 0.199 e. The Balaban J connectivity index is 3.22. The molecule has 1 unspecified atom stereocenters. The van der Waals surface area contributed by atoms with Gasteiger partial charge in [-0.3, -0.25) is 0 Å². The Morgan fingerprint density at radius 1 is 1.69 bits per heavy atom. The summed E-state index contributed by atoms with van der Waals surface area (Å²) >= 11 is 5.11. The molecule has 1 aliphatic rings. The van der Waals surface area contributed by atoms with Gasteiger partial charge in [-0.25, -0.2) is 0 Å². The van der Waals surface area contributed by atoms with Crippen molar-refractivity contribution in [2.75, 3.05) is 6.61 Å². The van der Waals surface area contributed by atoms with Crippen LogP contribution in [0.5, 0.6) is 0 Å². The normalized spacial score (nSPS) is 42.0. The highest BCUT2D eigenvalue weighted by molar-refractivity contribution is 6.30. The van der Waals surface area contributed by atoms with E-state index in [0.29, 0.717) is 0 Å². The summed E-state index contributed by atoms with van der Waals surface area (Å²) in [6, 6.07) is -1.47. The highest BCUT2D eigenvalue weighted by Crippen LogP contribution is 2.38. The Hall–Kier alpha value is -0.935. The molecule has 1 fully saturated rings. The Bertz CT molecular complexity index is 393. The zero-order valence-electron chi connectivity index (χ0n) is 7.91. The third-order valence-electron chi connectivity index (χ3n) is 2.30. The van der Waals surface area contributed by atoms with Crippen molar-refractivity contribution in [1.82, 2.24) is 0 Å². The van der Waals surface area contributed by atoms with Gasteiger partial charge in [0.25, 0.3) is 0 Å². The Kier molecular flexibility index (Phi) is 3.70. The molecule has 0 spiro atoms. The van der Waals surface area contributed by atoms with Gasteiger partial charge in [0.05, 0.1) is 12.6 Å². The van der Waals surface area contributed by atoms with E-state index >= 15 is 0 Å². The van der Waals surface area contributed by atoms with Gasteiger partial charge in [0, 0.05) is 10.3 Å². The molecule has 16 heavy (non-hydrogen) atoms. The van der Waals surface area contributed by atoms with Crippen molar-refractivity contribution in [3.05, 3.63) is 10.4 Å². The minimum atomic E-state index is -2.21. The Morgan fingerprint density at radius 2 is 2.31 bits per heavy atom. The number of hydrogen-bond donors (Lipinski definition) is 3. The molecular weight excluding hydrogens is 236 g/mol. The van der Waals surface area contributed by atoms with E-state index in [2.05, 4.69) is 10.0 Å². The second-order valence-electron chi connectivity index (χ2n) is 3.18. The van der Waals surface area contributed by atoms with Crippen molar-refractivity contribution in [2.45, 2.75) is 23.4 Å². The van der Waals surface area contributed by atoms with Crippen LogP contribution in [0.1, 0.15) is 0 Å². The van der Waals surface area contributed by atoms with Crippen LogP contribution in [0.15, 0.2) is 5.11 Å². The fourth-order valence-electron chi connectivity index (χ4n) is 1.40. The third kappa shape index (κ3) is 1.74. The number of rotatable bonds is 2. The van der Waals surface area contributed by atoms with Gasteiger partial charge in [0.15, 0.2) is 11.3 Å². The molecule has 0 aromatic carbocycles. The van der Waals surface area contributed by atoms with Crippen LogP contribution in [-0.4, -0.2) is 53.2 Å². The highest BCUT2D eigenvalue weighted by atomic mass is 35.5. The molecule has 2 radical (unpaired) electrons. The second kappa shape index (κ2) is 4.51. The van der Waals surface area contributed by atoms with Crippen LogP contribution in [0.4, 0.5) is 0 Å². The summed E-state index contributed by atoms with van der Waals surface area (Å²) in [5.41, 5.74) is 4.02. The molecule has 0 bridgehead atoms. The van der Waals surface area contributed by atoms with Crippen molar-refractivity contribution in [3.63, 3.8) is 0 Å². The van der Waals surface area contributed by atoms with Gasteiger partial charge in [-0.15, -0.1) is 0 Å². The lowest BCUT2D eigenvalue weighted by molar-refractivity contribution is -0.0976. The quantitative estimate of drug-likeness (QED) is 0.186. The minimum absolute atomic E-state index is 0.863. The number of ether oxygens (including phenoxy) is 1. The van der Waals surface area contributed by atoms with Crippen LogP contribution in [0, 0.1) is 11.3 Å². The van der Waals surface area contributed by atoms with Crippen LogP contribution < -0.4 is 0 Å². The zero-order valence-corrected chi connectivity index (χ0v) is 8.66. The average molecular weight is 243 g/mol. The maximum Gasteiger partial charge on any atom is 0.199 e. The highest BCUT2D eigenvalue weighted by Gasteiger charge is 2.60. The predicted molar refractivity (Wildman–Crippen MR) is 54.2 cm³/mol. The van der Waals surface area contributed by atoms with Crippen LogP contribution in [0.2, 0.25) is 0 Å². The Morgan fingerprint density at radius 3 is 2.75 bits per heavy atom. The molecule has 0 aromatic heterocycles. The summed E-state index contributed by atoms with van der Waals surface area (Å²) < 4.78 is 4.87. The number of hydrogen-bond acceptors (Lipinski definition) is 5. The lowest BCUT2D eigenvalue weighted by Crippen LogP contribution is -2.51. The van der Waals surface area contributed by atoms with Gasteiger partial charge in [-0.2, -0.15) is 0 Å². The number of azide groups is 1. The molecule has 0 aliphatic carbocycles. The molecule has 0 saturated carbocycles. The van der Waals surface area contributed by atoms with Gasteiger partial charge >= 0.3 is 0 Å². The van der Waals surface area contributed by atoms with Gasteiger partial charge in [-0.1, -0.05) is 5.11 Å². The molecule has 1 rings (SSSR count). The van der Waals surface area contributed by atoms with Gasteiger partial charge < -0.3 is 20.1 Å². The zero-order chi connectivity index (χ0) is 12.4. The van der Waals surface area contributed by atoms with Crippen molar-refractivity contribution in [1.29, 1.82) is 0 Å². The molecule has 9 heteroatoms. The third-order valence-corrected chi connectivity index (χ3v) is 2.39. The van der Waals surface area contributed by atoms with Crippen molar-refractivity contribution in [3.8, 4) is 11.3 Å². The monoisotopic (exact) mass is 243 g/mol. The van der Waals surface area contributed by atoms with Crippen LogP contribution >= 0.6 is 11.6 Å². The lowest BCUT2D eigenvalue weighted by atomic mass is 9.80. The predicted octanol–water partition coefficient (Wildman–Crippen LogP) is -1.20. The number of aliphatic hydroxyl groups excluding tert-OH is 2. The molecule has 1 heterocycles. The van der Waals surface area contributed by atoms with E-state index in [1.165, 1.54) is 0 Å². The SMILES string of the molecule is [B][C@@H]1O[C@@](CO)(N=[N+]=[N-])C(O)[C@]1(O)C#CCl. The minimum Gasteiger partial charge on any atom is -0.393 e. The van der Waals surface area contributed by atoms with Crippen molar-refractivity contribution < 1.29 is 20.1 Å². The largest absolute Gasteiger partial charge is 0.393 e. The summed E-state index contributed by atoms with van der Waals surface area (Å²) in [5.74, 6) is 2.04. The van der Waals surface area contributed by atoms with Crippen LogP contribution in [0.25, 0.3) is 10.4 Å². The number of nitrogens with zero attached hydrogens (tertiary/aromatic N) is 3. The van der Waals surface area contributed by atoms with E-state index < -0.39 is 30.0 Å². The van der Waals surface area contributed by atoms with Gasteiger partial charge in [0.2, 0.25) is 0 Å². The number of aliphatic hydroxyl groups is 3. The summed E-state index contributed by atoms with van der Waals surface area (Å²) in [6.45, 7) is -0.863. The number of halogens is 1. The van der Waals surface area contributed by atoms with Crippen LogP contribution in [-0.2, 0) is 4.74 Å². The van der Waals surface area contributed by atoms with E-state index in [9.17, 15) is 10.2 Å². The van der Waals surface area contributed by atoms with Gasteiger partial charge in [0.1, 0.15) is 14.0 Å². The average Bonchev–Trinajstić information content (AvgIpc) is 2.43. The molecular formula is C7H7BClN3O4. The summed E-state index contributed by atoms with van der Waals surface area (Å²) in [6.07, 6.45) is -1.82. The lowest BCUT2D eigenvalue weighted by Gasteiger charge is -2.27. The molecule has 3 N–H and O–H groups in total. The van der Waals surface area contributed by atoms with E-state index in [1.54, 1.807) is 0 Å². The molecule has 7 nitrogen and oxygen atoms in total. The molecule has 1 saturated heterocycles. The summed E-state index contributed by atoms with van der Waals surface area (Å²) in [4.78, 5) is 2.40.